The lowest BCUT2D eigenvalue weighted by Gasteiger charge is -2.40. The quantitative estimate of drug-likeness (QED) is 0.463. The second kappa shape index (κ2) is 10.5. The Morgan fingerprint density at radius 2 is 1.95 bits per heavy atom. The van der Waals surface area contributed by atoms with Crippen LogP contribution in [-0.2, 0) is 19.6 Å². The highest BCUT2D eigenvalue weighted by Gasteiger charge is 2.57. The van der Waals surface area contributed by atoms with Gasteiger partial charge in [0.1, 0.15) is 27.8 Å². The number of ketones is 1. The summed E-state index contributed by atoms with van der Waals surface area (Å²) < 4.78 is 44.1. The molecule has 13 heteroatoms. The first-order valence-corrected chi connectivity index (χ1v) is 15.0. The Kier molecular flexibility index (Phi) is 6.94. The molecule has 0 radical (unpaired) electrons. The number of furan rings is 1. The standard InChI is InChI=1S/C28H30N4O8S/c1-38-19-7-8-23-18(14-19)15-24(39-23)40-27(35)30-28(10-3-2-4-11-28)26(34)31-13-9-21-25(31)22(33)17-32(21)41(36,37)20-6-5-12-29-16-20/h5-8,12,14-16,21,25H,2-4,9-11,13,17H2,1H3,(H,30,35). The van der Waals surface area contributed by atoms with Crippen LogP contribution in [-0.4, -0.2) is 78.2 Å². The summed E-state index contributed by atoms with van der Waals surface area (Å²) in [7, 11) is -2.43. The van der Waals surface area contributed by atoms with Gasteiger partial charge < -0.3 is 24.1 Å². The predicted molar refractivity (Wildman–Crippen MR) is 145 cm³/mol. The number of ether oxygens (including phenoxy) is 2. The number of amides is 2. The number of aromatic nitrogens is 1. The Morgan fingerprint density at radius 1 is 1.15 bits per heavy atom. The number of carbonyl (C=O) groups is 3. The third-order valence-electron chi connectivity index (χ3n) is 8.23. The number of carbonyl (C=O) groups excluding carboxylic acids is 3. The summed E-state index contributed by atoms with van der Waals surface area (Å²) >= 11 is 0. The van der Waals surface area contributed by atoms with E-state index in [9.17, 15) is 22.8 Å². The van der Waals surface area contributed by atoms with Crippen LogP contribution in [0.3, 0.4) is 0 Å². The number of sulfonamides is 1. The number of hydrogen-bond acceptors (Lipinski definition) is 9. The molecular formula is C28H30N4O8S. The Balaban J connectivity index is 1.21. The van der Waals surface area contributed by atoms with Gasteiger partial charge >= 0.3 is 6.09 Å². The zero-order valence-corrected chi connectivity index (χ0v) is 23.3. The van der Waals surface area contributed by atoms with Crippen LogP contribution in [0.1, 0.15) is 38.5 Å². The molecule has 3 aromatic rings. The van der Waals surface area contributed by atoms with Gasteiger partial charge in [-0.2, -0.15) is 4.31 Å². The second-order valence-corrected chi connectivity index (χ2v) is 12.5. The minimum Gasteiger partial charge on any atom is -0.497 e. The number of methoxy groups -OCH3 is 1. The zero-order chi connectivity index (χ0) is 28.8. The summed E-state index contributed by atoms with van der Waals surface area (Å²) in [6.45, 7) is -0.126. The number of nitrogens with one attached hydrogen (secondary N) is 1. The average Bonchev–Trinajstić information content (AvgIpc) is 3.68. The lowest BCUT2D eigenvalue weighted by molar-refractivity contribution is -0.143. The summed E-state index contributed by atoms with van der Waals surface area (Å²) in [4.78, 5) is 45.7. The molecule has 1 aliphatic carbocycles. The number of rotatable bonds is 6. The van der Waals surface area contributed by atoms with Crippen molar-refractivity contribution in [2.24, 2.45) is 0 Å². The van der Waals surface area contributed by atoms with Crippen molar-refractivity contribution in [1.29, 1.82) is 0 Å². The molecule has 3 fully saturated rings. The van der Waals surface area contributed by atoms with Crippen molar-refractivity contribution in [1.82, 2.24) is 19.5 Å². The molecule has 1 saturated carbocycles. The molecule has 2 aromatic heterocycles. The van der Waals surface area contributed by atoms with Crippen molar-refractivity contribution in [3.8, 4) is 11.7 Å². The molecule has 2 aliphatic heterocycles. The van der Waals surface area contributed by atoms with E-state index < -0.39 is 39.6 Å². The van der Waals surface area contributed by atoms with E-state index in [1.54, 1.807) is 31.4 Å². The lowest BCUT2D eigenvalue weighted by Crippen LogP contribution is -2.62. The molecule has 1 aromatic carbocycles. The highest BCUT2D eigenvalue weighted by atomic mass is 32.2. The average molecular weight is 583 g/mol. The third-order valence-corrected chi connectivity index (χ3v) is 10.1. The SMILES string of the molecule is COc1ccc2oc(OC(=O)NC3(C(=O)N4CCC5C4C(=O)CN5S(=O)(=O)c4cccnc4)CCCCC3)cc2c1. The molecule has 4 heterocycles. The van der Waals surface area contributed by atoms with Crippen LogP contribution < -0.4 is 14.8 Å². The van der Waals surface area contributed by atoms with E-state index in [1.807, 2.05) is 0 Å². The summed E-state index contributed by atoms with van der Waals surface area (Å²) in [5.74, 6) is -0.157. The molecule has 0 spiro atoms. The van der Waals surface area contributed by atoms with E-state index in [1.165, 1.54) is 33.7 Å². The van der Waals surface area contributed by atoms with Gasteiger partial charge in [-0.15, -0.1) is 0 Å². The molecule has 2 atom stereocenters. The number of nitrogens with zero attached hydrogens (tertiary/aromatic N) is 3. The van der Waals surface area contributed by atoms with E-state index in [0.29, 0.717) is 48.8 Å². The number of fused-ring (bicyclic) bond motifs is 2. The van der Waals surface area contributed by atoms with Gasteiger partial charge in [-0.05, 0) is 49.6 Å². The first kappa shape index (κ1) is 27.2. The number of pyridine rings is 1. The molecule has 0 bridgehead atoms. The van der Waals surface area contributed by atoms with Crippen molar-refractivity contribution in [2.75, 3.05) is 20.2 Å². The van der Waals surface area contributed by atoms with Crippen molar-refractivity contribution in [3.05, 3.63) is 48.8 Å². The fourth-order valence-corrected chi connectivity index (χ4v) is 7.86. The summed E-state index contributed by atoms with van der Waals surface area (Å²) in [5.41, 5.74) is -0.777. The van der Waals surface area contributed by atoms with Gasteiger partial charge in [-0.25, -0.2) is 13.2 Å². The minimum atomic E-state index is -3.98. The van der Waals surface area contributed by atoms with Crippen molar-refractivity contribution in [3.63, 3.8) is 0 Å². The molecule has 216 valence electrons. The highest BCUT2D eigenvalue weighted by Crippen LogP contribution is 2.38. The van der Waals surface area contributed by atoms with Crippen molar-refractivity contribution in [2.45, 2.75) is 61.0 Å². The van der Waals surface area contributed by atoms with E-state index in [0.717, 1.165) is 6.42 Å². The zero-order valence-electron chi connectivity index (χ0n) is 22.4. The van der Waals surface area contributed by atoms with Gasteiger partial charge in [0.15, 0.2) is 5.78 Å². The molecule has 12 nitrogen and oxygen atoms in total. The smallest absolute Gasteiger partial charge is 0.415 e. The number of Topliss-reactive ketones (excluding diaryl/α,β-unsaturated/α-hetero) is 1. The lowest BCUT2D eigenvalue weighted by atomic mass is 9.80. The van der Waals surface area contributed by atoms with Crippen LogP contribution in [0.4, 0.5) is 4.79 Å². The fourth-order valence-electron chi connectivity index (χ4n) is 6.27. The van der Waals surface area contributed by atoms with E-state index in [4.69, 9.17) is 13.9 Å². The molecule has 6 rings (SSSR count). The van der Waals surface area contributed by atoms with Crippen LogP contribution >= 0.6 is 0 Å². The molecule has 2 unspecified atom stereocenters. The van der Waals surface area contributed by atoms with Gasteiger partial charge in [0.2, 0.25) is 15.9 Å². The summed E-state index contributed by atoms with van der Waals surface area (Å²) in [6, 6.07) is 8.08. The Hall–Kier alpha value is -3.97. The van der Waals surface area contributed by atoms with Crippen LogP contribution in [0.2, 0.25) is 0 Å². The van der Waals surface area contributed by atoms with E-state index in [2.05, 4.69) is 10.3 Å². The van der Waals surface area contributed by atoms with Gasteiger partial charge in [0.25, 0.3) is 5.95 Å². The van der Waals surface area contributed by atoms with Gasteiger partial charge in [0.05, 0.1) is 19.7 Å². The molecule has 2 saturated heterocycles. The van der Waals surface area contributed by atoms with Crippen molar-refractivity contribution < 1.29 is 36.7 Å². The molecule has 2 amide bonds. The van der Waals surface area contributed by atoms with Gasteiger partial charge in [-0.3, -0.25) is 14.6 Å². The monoisotopic (exact) mass is 582 g/mol. The fraction of sp³-hybridized carbons (Fsp3) is 0.429. The van der Waals surface area contributed by atoms with Crippen molar-refractivity contribution >= 4 is 38.8 Å². The van der Waals surface area contributed by atoms with Crippen LogP contribution in [0, 0.1) is 0 Å². The number of benzene rings is 1. The molecular weight excluding hydrogens is 552 g/mol. The predicted octanol–water partition coefficient (Wildman–Crippen LogP) is 2.87. The van der Waals surface area contributed by atoms with Crippen LogP contribution in [0.25, 0.3) is 11.0 Å². The van der Waals surface area contributed by atoms with Crippen LogP contribution in [0.5, 0.6) is 11.7 Å². The largest absolute Gasteiger partial charge is 0.497 e. The maximum absolute atomic E-state index is 14.1. The highest BCUT2D eigenvalue weighted by molar-refractivity contribution is 7.89. The Morgan fingerprint density at radius 3 is 2.68 bits per heavy atom. The Labute approximate surface area is 236 Å². The third kappa shape index (κ3) is 4.82. The van der Waals surface area contributed by atoms with Crippen LogP contribution in [0.15, 0.2) is 58.1 Å². The van der Waals surface area contributed by atoms with Gasteiger partial charge in [-0.1, -0.05) is 19.3 Å². The first-order valence-electron chi connectivity index (χ1n) is 13.6. The molecule has 41 heavy (non-hydrogen) atoms. The second-order valence-electron chi connectivity index (χ2n) is 10.6. The minimum absolute atomic E-state index is 0.00424. The molecule has 3 aliphatic rings. The molecule has 1 N–H and O–H groups in total. The summed E-state index contributed by atoms with van der Waals surface area (Å²) in [6.07, 6.45) is 5.23. The van der Waals surface area contributed by atoms with Gasteiger partial charge in [0, 0.05) is 30.4 Å². The topological polar surface area (TPSA) is 148 Å². The summed E-state index contributed by atoms with van der Waals surface area (Å²) in [5, 5.41) is 3.48. The van der Waals surface area contributed by atoms with E-state index in [-0.39, 0.29) is 29.7 Å². The normalized spacial score (nSPS) is 22.5. The number of hydrogen-bond donors (Lipinski definition) is 1. The maximum atomic E-state index is 14.1. The first-order chi connectivity index (χ1) is 19.7. The number of likely N-dealkylation sites (tertiary alicyclic amines) is 1. The maximum Gasteiger partial charge on any atom is 0.415 e. The van der Waals surface area contributed by atoms with E-state index >= 15 is 0 Å². The Bertz CT molecular complexity index is 1600.